The first kappa shape index (κ1) is 22.5. The zero-order valence-corrected chi connectivity index (χ0v) is 18.0. The number of aromatic nitrogens is 1. The maximum Gasteiger partial charge on any atom is 0.312 e. The van der Waals surface area contributed by atoms with Crippen LogP contribution in [-0.4, -0.2) is 35.2 Å². The lowest BCUT2D eigenvalue weighted by molar-refractivity contribution is -0.139. The number of thiophene rings is 1. The van der Waals surface area contributed by atoms with Crippen LogP contribution in [0.3, 0.4) is 0 Å². The van der Waals surface area contributed by atoms with Crippen LogP contribution < -0.4 is 4.74 Å². The number of ether oxygens (including phenoxy) is 1. The number of hydrogen-bond donors (Lipinski definition) is 1. The molecule has 0 aliphatic carbocycles. The van der Waals surface area contributed by atoms with Gasteiger partial charge in [-0.05, 0) is 49.4 Å². The zero-order chi connectivity index (χ0) is 22.2. The average Bonchev–Trinajstić information content (AvgIpc) is 3.41. The first-order valence-electron chi connectivity index (χ1n) is 9.65. The number of rotatable bonds is 11. The van der Waals surface area contributed by atoms with Crippen molar-refractivity contribution < 1.29 is 28.3 Å². The van der Waals surface area contributed by atoms with Crippen LogP contribution in [0.2, 0.25) is 0 Å². The van der Waals surface area contributed by atoms with Gasteiger partial charge in [0.05, 0.1) is 22.9 Å². The van der Waals surface area contributed by atoms with Crippen molar-refractivity contribution in [2.75, 3.05) is 13.5 Å². The Morgan fingerprint density at radius 1 is 1.32 bits per heavy atom. The molecular formula is C22H23FN2O5S. The van der Waals surface area contributed by atoms with E-state index in [0.717, 1.165) is 21.9 Å². The summed E-state index contributed by atoms with van der Waals surface area (Å²) < 4.78 is 23.6. The number of benzene rings is 1. The van der Waals surface area contributed by atoms with Gasteiger partial charge in [-0.25, -0.2) is 9.37 Å². The van der Waals surface area contributed by atoms with E-state index in [1.165, 1.54) is 6.92 Å². The number of aliphatic carboxylic acids is 1. The van der Waals surface area contributed by atoms with E-state index < -0.39 is 18.7 Å². The van der Waals surface area contributed by atoms with E-state index in [0.29, 0.717) is 24.7 Å². The van der Waals surface area contributed by atoms with Gasteiger partial charge in [0.2, 0.25) is 5.89 Å². The van der Waals surface area contributed by atoms with Crippen LogP contribution in [0, 0.1) is 12.8 Å². The van der Waals surface area contributed by atoms with Gasteiger partial charge < -0.3 is 19.1 Å². The number of carboxylic acids is 1. The van der Waals surface area contributed by atoms with E-state index in [-0.39, 0.29) is 12.1 Å². The average molecular weight is 447 g/mol. The third-order valence-electron chi connectivity index (χ3n) is 4.66. The van der Waals surface area contributed by atoms with E-state index in [1.807, 2.05) is 24.4 Å². The highest BCUT2D eigenvalue weighted by Crippen LogP contribution is 2.26. The van der Waals surface area contributed by atoms with Crippen molar-refractivity contribution in [2.24, 2.45) is 11.1 Å². The molecule has 9 heteroatoms. The van der Waals surface area contributed by atoms with Crippen LogP contribution in [0.15, 0.2) is 51.4 Å². The third kappa shape index (κ3) is 6.14. The van der Waals surface area contributed by atoms with Crippen LogP contribution in [0.5, 0.6) is 5.75 Å². The van der Waals surface area contributed by atoms with E-state index in [2.05, 4.69) is 15.0 Å². The van der Waals surface area contributed by atoms with Gasteiger partial charge in [-0.15, -0.1) is 11.3 Å². The Balaban J connectivity index is 1.54. The molecule has 0 radical (unpaired) electrons. The summed E-state index contributed by atoms with van der Waals surface area (Å²) in [6.45, 7) is 2.72. The van der Waals surface area contributed by atoms with Crippen molar-refractivity contribution in [2.45, 2.75) is 26.7 Å². The minimum absolute atomic E-state index is 0.204. The highest BCUT2D eigenvalue weighted by atomic mass is 32.1. The number of alkyl halides is 1. The molecule has 0 amide bonds. The largest absolute Gasteiger partial charge is 0.493 e. The minimum Gasteiger partial charge on any atom is -0.493 e. The molecule has 1 atom stereocenters. The Hall–Kier alpha value is -3.20. The predicted octanol–water partition coefficient (Wildman–Crippen LogP) is 4.90. The van der Waals surface area contributed by atoms with Crippen LogP contribution in [0.4, 0.5) is 4.39 Å². The van der Waals surface area contributed by atoms with Gasteiger partial charge in [0, 0.05) is 6.42 Å². The Labute approximate surface area is 183 Å². The van der Waals surface area contributed by atoms with E-state index in [4.69, 9.17) is 9.15 Å². The number of nitrogens with zero attached hydrogens (tertiary/aromatic N) is 2. The summed E-state index contributed by atoms with van der Waals surface area (Å²) in [7, 11) is 0. The molecule has 0 fully saturated rings. The first-order chi connectivity index (χ1) is 15.0. The molecule has 0 spiro atoms. The number of carbonyl (C=O) groups is 1. The number of oxime groups is 1. The topological polar surface area (TPSA) is 94.2 Å². The molecule has 31 heavy (non-hydrogen) atoms. The lowest BCUT2D eigenvalue weighted by Gasteiger charge is -2.12. The molecule has 3 rings (SSSR count). The second-order valence-electron chi connectivity index (χ2n) is 6.81. The minimum atomic E-state index is -1.10. The molecule has 0 saturated heterocycles. The zero-order valence-electron chi connectivity index (χ0n) is 17.2. The van der Waals surface area contributed by atoms with Crippen LogP contribution >= 0.6 is 11.3 Å². The Bertz CT molecular complexity index is 1020. The van der Waals surface area contributed by atoms with Crippen molar-refractivity contribution in [3.8, 4) is 16.5 Å². The summed E-state index contributed by atoms with van der Waals surface area (Å²) in [5.74, 6) is 0.118. The fraction of sp³-hybridized carbons (Fsp3) is 0.318. The molecule has 0 saturated carbocycles. The molecule has 1 unspecified atom stereocenters. The standard InChI is InChI=1S/C22H23FN2O5S/c1-14(25-29-13-23)18(22(26)27)12-16-5-7-17(8-6-16)28-10-9-19-15(2)30-21(24-19)20-4-3-11-31-20/h3-8,11,18H,9-10,12-13H2,1-2H3,(H,26,27). The first-order valence-corrected chi connectivity index (χ1v) is 10.5. The second-order valence-corrected chi connectivity index (χ2v) is 7.76. The summed E-state index contributed by atoms with van der Waals surface area (Å²) in [5, 5.41) is 14.9. The molecular weight excluding hydrogens is 423 g/mol. The molecule has 2 aromatic heterocycles. The fourth-order valence-corrected chi connectivity index (χ4v) is 3.64. The molecule has 2 heterocycles. The number of hydrogen-bond acceptors (Lipinski definition) is 7. The Kier molecular flexibility index (Phi) is 7.77. The van der Waals surface area contributed by atoms with E-state index in [9.17, 15) is 14.3 Å². The van der Waals surface area contributed by atoms with Crippen molar-refractivity contribution in [1.82, 2.24) is 4.98 Å². The van der Waals surface area contributed by atoms with Crippen molar-refractivity contribution in [3.05, 3.63) is 58.8 Å². The van der Waals surface area contributed by atoms with Gasteiger partial charge in [-0.1, -0.05) is 23.4 Å². The van der Waals surface area contributed by atoms with Gasteiger partial charge >= 0.3 is 5.97 Å². The predicted molar refractivity (Wildman–Crippen MR) is 115 cm³/mol. The van der Waals surface area contributed by atoms with E-state index in [1.54, 1.807) is 35.6 Å². The molecule has 1 aromatic carbocycles. The second kappa shape index (κ2) is 10.7. The van der Waals surface area contributed by atoms with Gasteiger partial charge in [0.25, 0.3) is 6.86 Å². The summed E-state index contributed by atoms with van der Waals surface area (Å²) in [5.41, 5.74) is 1.85. The normalized spacial score (nSPS) is 12.5. The monoisotopic (exact) mass is 446 g/mol. The molecule has 164 valence electrons. The number of oxazole rings is 1. The summed E-state index contributed by atoms with van der Waals surface area (Å²) in [6, 6.07) is 11.1. The molecule has 1 N–H and O–H groups in total. The van der Waals surface area contributed by atoms with Crippen LogP contribution in [0.25, 0.3) is 10.8 Å². The SMILES string of the molecule is CC(=NOCF)C(Cc1ccc(OCCc2nc(-c3cccs3)oc2C)cc1)C(=O)O. The molecule has 0 bridgehead atoms. The smallest absolute Gasteiger partial charge is 0.312 e. The van der Waals surface area contributed by atoms with Crippen molar-refractivity contribution >= 4 is 23.0 Å². The molecule has 7 nitrogen and oxygen atoms in total. The number of aryl methyl sites for hydroxylation is 1. The fourth-order valence-electron chi connectivity index (χ4n) is 2.99. The van der Waals surface area contributed by atoms with Gasteiger partial charge in [-0.2, -0.15) is 0 Å². The maximum absolute atomic E-state index is 12.1. The van der Waals surface area contributed by atoms with Gasteiger partial charge in [0.15, 0.2) is 0 Å². The number of halogens is 1. The van der Waals surface area contributed by atoms with Gasteiger partial charge in [-0.3, -0.25) is 4.79 Å². The summed E-state index contributed by atoms with van der Waals surface area (Å²) >= 11 is 1.58. The Morgan fingerprint density at radius 3 is 2.74 bits per heavy atom. The highest BCUT2D eigenvalue weighted by Gasteiger charge is 2.22. The van der Waals surface area contributed by atoms with Crippen molar-refractivity contribution in [3.63, 3.8) is 0 Å². The van der Waals surface area contributed by atoms with E-state index >= 15 is 0 Å². The summed E-state index contributed by atoms with van der Waals surface area (Å²) in [6.07, 6.45) is 0.817. The lowest BCUT2D eigenvalue weighted by Crippen LogP contribution is -2.24. The Morgan fingerprint density at radius 2 is 2.10 bits per heavy atom. The molecule has 0 aliphatic rings. The number of carboxylic acid groups (broad SMARTS) is 1. The molecule has 0 aliphatic heterocycles. The highest BCUT2D eigenvalue weighted by molar-refractivity contribution is 7.13. The molecule has 3 aromatic rings. The summed E-state index contributed by atoms with van der Waals surface area (Å²) in [4.78, 5) is 21.3. The maximum atomic E-state index is 12.1. The van der Waals surface area contributed by atoms with Crippen LogP contribution in [0.1, 0.15) is 23.9 Å². The quantitative estimate of drug-likeness (QED) is 0.333. The lowest BCUT2D eigenvalue weighted by atomic mass is 9.95. The van der Waals surface area contributed by atoms with Crippen molar-refractivity contribution in [1.29, 1.82) is 0 Å². The van der Waals surface area contributed by atoms with Crippen LogP contribution in [-0.2, 0) is 22.5 Å². The third-order valence-corrected chi connectivity index (χ3v) is 5.51. The van der Waals surface area contributed by atoms with Gasteiger partial charge in [0.1, 0.15) is 17.4 Å².